The molecule has 1 saturated heterocycles. The lowest BCUT2D eigenvalue weighted by Gasteiger charge is -2.29. The predicted molar refractivity (Wildman–Crippen MR) is 111 cm³/mol. The van der Waals surface area contributed by atoms with Crippen LogP contribution in [-0.2, 0) is 10.0 Å². The van der Waals surface area contributed by atoms with Crippen molar-refractivity contribution in [3.63, 3.8) is 0 Å². The van der Waals surface area contributed by atoms with Gasteiger partial charge in [-0.3, -0.25) is 0 Å². The Labute approximate surface area is 171 Å². The summed E-state index contributed by atoms with van der Waals surface area (Å²) in [6.07, 6.45) is 1.33. The second-order valence-electron chi connectivity index (χ2n) is 7.75. The fourth-order valence-electron chi connectivity index (χ4n) is 3.67. The third-order valence-corrected chi connectivity index (χ3v) is 7.53. The molecule has 0 spiro atoms. The van der Waals surface area contributed by atoms with Gasteiger partial charge in [-0.05, 0) is 62.9 Å². The summed E-state index contributed by atoms with van der Waals surface area (Å²) < 4.78 is 33.0. The second kappa shape index (κ2) is 7.72. The lowest BCUT2D eigenvalue weighted by Crippen LogP contribution is -2.38. The molecular weight excluding hydrogens is 386 g/mol. The zero-order valence-electron chi connectivity index (χ0n) is 16.9. The Morgan fingerprint density at radius 2 is 1.76 bits per heavy atom. The van der Waals surface area contributed by atoms with Gasteiger partial charge in [0.25, 0.3) is 0 Å². The Balaban J connectivity index is 1.46. The van der Waals surface area contributed by atoms with Gasteiger partial charge in [0.05, 0.1) is 4.90 Å². The first-order valence-corrected chi connectivity index (χ1v) is 11.3. The van der Waals surface area contributed by atoms with Crippen LogP contribution in [0.4, 0.5) is 0 Å². The minimum Gasteiger partial charge on any atom is -0.339 e. The first-order valence-electron chi connectivity index (χ1n) is 9.82. The number of aryl methyl sites for hydroxylation is 3. The van der Waals surface area contributed by atoms with Crippen molar-refractivity contribution in [1.82, 2.24) is 14.4 Å². The normalized spacial score (nSPS) is 16.2. The highest BCUT2D eigenvalue weighted by Gasteiger charge is 2.32. The van der Waals surface area contributed by atoms with Gasteiger partial charge < -0.3 is 4.52 Å². The standard InChI is InChI=1S/C22H25N3O3S/c1-15-5-4-6-19(13-15)21-23-22(28-24-21)18-9-11-25(12-10-18)29(26,27)20-8-7-16(2)17(3)14-20/h4-8,13-14,18H,9-12H2,1-3H3. The van der Waals surface area contributed by atoms with E-state index in [1.807, 2.05) is 51.1 Å². The van der Waals surface area contributed by atoms with Crippen molar-refractivity contribution in [2.24, 2.45) is 0 Å². The summed E-state index contributed by atoms with van der Waals surface area (Å²) in [5, 5.41) is 4.12. The maximum absolute atomic E-state index is 13.0. The highest BCUT2D eigenvalue weighted by molar-refractivity contribution is 7.89. The predicted octanol–water partition coefficient (Wildman–Crippen LogP) is 4.23. The lowest BCUT2D eigenvalue weighted by molar-refractivity contribution is 0.271. The van der Waals surface area contributed by atoms with Crippen LogP contribution in [0.5, 0.6) is 0 Å². The van der Waals surface area contributed by atoms with Gasteiger partial charge in [-0.1, -0.05) is 35.0 Å². The van der Waals surface area contributed by atoms with E-state index in [0.29, 0.717) is 42.5 Å². The van der Waals surface area contributed by atoms with Crippen molar-refractivity contribution in [2.75, 3.05) is 13.1 Å². The van der Waals surface area contributed by atoms with Gasteiger partial charge >= 0.3 is 0 Å². The van der Waals surface area contributed by atoms with Crippen molar-refractivity contribution in [3.05, 3.63) is 65.0 Å². The van der Waals surface area contributed by atoms with E-state index in [-0.39, 0.29) is 5.92 Å². The average molecular weight is 412 g/mol. The van der Waals surface area contributed by atoms with Crippen molar-refractivity contribution in [1.29, 1.82) is 0 Å². The van der Waals surface area contributed by atoms with E-state index in [9.17, 15) is 8.42 Å². The van der Waals surface area contributed by atoms with Gasteiger partial charge in [0.15, 0.2) is 0 Å². The number of benzene rings is 2. The van der Waals surface area contributed by atoms with E-state index < -0.39 is 10.0 Å². The van der Waals surface area contributed by atoms with Gasteiger partial charge in [0.1, 0.15) is 0 Å². The molecule has 29 heavy (non-hydrogen) atoms. The molecule has 7 heteroatoms. The molecule has 1 aromatic heterocycles. The summed E-state index contributed by atoms with van der Waals surface area (Å²) in [7, 11) is -3.48. The Morgan fingerprint density at radius 3 is 2.45 bits per heavy atom. The minimum atomic E-state index is -3.48. The third-order valence-electron chi connectivity index (χ3n) is 5.64. The zero-order valence-corrected chi connectivity index (χ0v) is 17.7. The summed E-state index contributed by atoms with van der Waals surface area (Å²) >= 11 is 0. The molecule has 0 atom stereocenters. The van der Waals surface area contributed by atoms with Crippen LogP contribution < -0.4 is 0 Å². The molecule has 0 amide bonds. The molecule has 3 aromatic rings. The number of sulfonamides is 1. The summed E-state index contributed by atoms with van der Waals surface area (Å²) in [6.45, 7) is 6.83. The smallest absolute Gasteiger partial charge is 0.243 e. The monoisotopic (exact) mass is 411 g/mol. The highest BCUT2D eigenvalue weighted by Crippen LogP contribution is 2.31. The van der Waals surface area contributed by atoms with Gasteiger partial charge in [0.2, 0.25) is 21.7 Å². The number of hydrogen-bond donors (Lipinski definition) is 0. The fourth-order valence-corrected chi connectivity index (χ4v) is 5.22. The van der Waals surface area contributed by atoms with E-state index in [2.05, 4.69) is 10.1 Å². The van der Waals surface area contributed by atoms with Crippen LogP contribution in [0.3, 0.4) is 0 Å². The van der Waals surface area contributed by atoms with Crippen LogP contribution in [0.25, 0.3) is 11.4 Å². The van der Waals surface area contributed by atoms with Crippen molar-refractivity contribution < 1.29 is 12.9 Å². The quantitative estimate of drug-likeness (QED) is 0.642. The van der Waals surface area contributed by atoms with Crippen LogP contribution in [0.2, 0.25) is 0 Å². The van der Waals surface area contributed by atoms with Crippen molar-refractivity contribution >= 4 is 10.0 Å². The summed E-state index contributed by atoms with van der Waals surface area (Å²) in [5.74, 6) is 1.24. The molecule has 0 N–H and O–H groups in total. The highest BCUT2D eigenvalue weighted by atomic mass is 32.2. The Hall–Kier alpha value is -2.51. The molecule has 6 nitrogen and oxygen atoms in total. The Kier molecular flexibility index (Phi) is 5.27. The van der Waals surface area contributed by atoms with Crippen molar-refractivity contribution in [2.45, 2.75) is 44.4 Å². The average Bonchev–Trinajstić information content (AvgIpc) is 3.20. The molecule has 0 aliphatic carbocycles. The van der Waals surface area contributed by atoms with Crippen molar-refractivity contribution in [3.8, 4) is 11.4 Å². The summed E-state index contributed by atoms with van der Waals surface area (Å²) in [4.78, 5) is 4.93. The lowest BCUT2D eigenvalue weighted by atomic mass is 9.98. The number of nitrogens with zero attached hydrogens (tertiary/aromatic N) is 3. The molecule has 1 aliphatic heterocycles. The van der Waals surface area contributed by atoms with Gasteiger partial charge in [0, 0.05) is 24.6 Å². The van der Waals surface area contributed by atoms with E-state index in [1.165, 1.54) is 0 Å². The number of aromatic nitrogens is 2. The molecule has 0 radical (unpaired) electrons. The molecule has 2 aromatic carbocycles. The topological polar surface area (TPSA) is 76.3 Å². The molecule has 1 aliphatic rings. The Morgan fingerprint density at radius 1 is 1.00 bits per heavy atom. The van der Waals surface area contributed by atoms with Crippen LogP contribution in [0.1, 0.15) is 41.3 Å². The van der Waals surface area contributed by atoms with E-state index in [4.69, 9.17) is 4.52 Å². The Bertz CT molecular complexity index is 1130. The van der Waals surface area contributed by atoms with Crippen LogP contribution >= 0.6 is 0 Å². The van der Waals surface area contributed by atoms with Crippen LogP contribution in [0, 0.1) is 20.8 Å². The molecular formula is C22H25N3O3S. The SMILES string of the molecule is Cc1cccc(-c2noc(C3CCN(S(=O)(=O)c4ccc(C)c(C)c4)CC3)n2)c1. The number of piperidine rings is 1. The van der Waals surface area contributed by atoms with Gasteiger partial charge in [-0.15, -0.1) is 0 Å². The maximum atomic E-state index is 13.0. The first kappa shape index (κ1) is 19.8. The molecule has 152 valence electrons. The minimum absolute atomic E-state index is 0.0762. The molecule has 0 bridgehead atoms. The summed E-state index contributed by atoms with van der Waals surface area (Å²) in [6, 6.07) is 13.3. The largest absolute Gasteiger partial charge is 0.339 e. The molecule has 0 unspecified atom stereocenters. The number of rotatable bonds is 4. The van der Waals surface area contributed by atoms with Crippen LogP contribution in [-0.4, -0.2) is 36.0 Å². The zero-order chi connectivity index (χ0) is 20.6. The maximum Gasteiger partial charge on any atom is 0.243 e. The molecule has 2 heterocycles. The third kappa shape index (κ3) is 3.97. The van der Waals surface area contributed by atoms with Gasteiger partial charge in [-0.2, -0.15) is 9.29 Å². The number of hydrogen-bond acceptors (Lipinski definition) is 5. The summed E-state index contributed by atoms with van der Waals surface area (Å²) in [5.41, 5.74) is 4.13. The second-order valence-corrected chi connectivity index (χ2v) is 9.69. The first-order chi connectivity index (χ1) is 13.8. The molecule has 4 rings (SSSR count). The van der Waals surface area contributed by atoms with E-state index >= 15 is 0 Å². The fraction of sp³-hybridized carbons (Fsp3) is 0.364. The van der Waals surface area contributed by atoms with Gasteiger partial charge in [-0.25, -0.2) is 8.42 Å². The van der Waals surface area contributed by atoms with E-state index in [1.54, 1.807) is 16.4 Å². The van der Waals surface area contributed by atoms with Crippen LogP contribution in [0.15, 0.2) is 51.9 Å². The van der Waals surface area contributed by atoms with E-state index in [0.717, 1.165) is 22.3 Å². The molecule has 0 saturated carbocycles. The molecule has 1 fully saturated rings.